The Morgan fingerprint density at radius 3 is 2.67 bits per heavy atom. The van der Waals surface area contributed by atoms with Gasteiger partial charge >= 0.3 is 0 Å². The molecule has 1 aromatic carbocycles. The lowest BCUT2D eigenvalue weighted by molar-refractivity contribution is 0.949. The molecule has 0 amide bonds. The van der Waals surface area contributed by atoms with E-state index < -0.39 is 0 Å². The maximum Gasteiger partial charge on any atom is 0.122 e. The van der Waals surface area contributed by atoms with Gasteiger partial charge in [0.25, 0.3) is 0 Å². The Hall–Kier alpha value is -1.68. The van der Waals surface area contributed by atoms with Crippen LogP contribution in [0.25, 0.3) is 10.9 Å². The van der Waals surface area contributed by atoms with Crippen LogP contribution in [0.5, 0.6) is 0 Å². The van der Waals surface area contributed by atoms with Crippen LogP contribution in [0.4, 0.5) is 5.69 Å². The molecule has 2 N–H and O–H groups in total. The Balaban J connectivity index is 2.02. The molecule has 0 saturated carbocycles. The van der Waals surface area contributed by atoms with Crippen LogP contribution in [0.15, 0.2) is 30.3 Å². The van der Waals surface area contributed by atoms with E-state index in [0.717, 1.165) is 24.0 Å². The van der Waals surface area contributed by atoms with Crippen LogP contribution in [0, 0.1) is 0 Å². The fourth-order valence-corrected chi connectivity index (χ4v) is 2.54. The van der Waals surface area contributed by atoms with Crippen LogP contribution in [-0.2, 0) is 0 Å². The first-order valence-electron chi connectivity index (χ1n) is 6.19. The lowest BCUT2D eigenvalue weighted by Gasteiger charge is -2.17. The van der Waals surface area contributed by atoms with Gasteiger partial charge in [-0.25, -0.2) is 4.98 Å². The van der Waals surface area contributed by atoms with E-state index in [1.54, 1.807) is 0 Å². The molecule has 3 rings (SSSR count). The van der Waals surface area contributed by atoms with E-state index in [9.17, 15) is 0 Å². The Bertz CT molecular complexity index is 603. The summed E-state index contributed by atoms with van der Waals surface area (Å²) in [6.07, 6.45) is 2.58. The second-order valence-electron chi connectivity index (χ2n) is 4.63. The number of nitrogens with zero attached hydrogens (tertiary/aromatic N) is 2. The molecule has 1 saturated heterocycles. The predicted octanol–water partition coefficient (Wildman–Crippen LogP) is 2.47. The fraction of sp³-hybridized carbons (Fsp3) is 0.286. The van der Waals surface area contributed by atoms with Crippen molar-refractivity contribution in [3.63, 3.8) is 0 Å². The Labute approximate surface area is 112 Å². The summed E-state index contributed by atoms with van der Waals surface area (Å²) in [6, 6.07) is 10.3. The summed E-state index contributed by atoms with van der Waals surface area (Å²) in [6.45, 7) is 2.31. The molecule has 1 fully saturated rings. The number of hydrogen-bond donors (Lipinski definition) is 1. The zero-order chi connectivity index (χ0) is 12.5. The van der Waals surface area contributed by atoms with Gasteiger partial charge < -0.3 is 10.6 Å². The summed E-state index contributed by atoms with van der Waals surface area (Å²) in [5.41, 5.74) is 8.51. The van der Waals surface area contributed by atoms with Gasteiger partial charge in [0.05, 0.1) is 11.2 Å². The Morgan fingerprint density at radius 2 is 1.94 bits per heavy atom. The summed E-state index contributed by atoms with van der Waals surface area (Å²) >= 11 is 4.95. The summed E-state index contributed by atoms with van der Waals surface area (Å²) < 4.78 is 0. The molecule has 3 nitrogen and oxygen atoms in total. The fourth-order valence-electron chi connectivity index (χ4n) is 2.42. The van der Waals surface area contributed by atoms with Crippen molar-refractivity contribution < 1.29 is 0 Å². The number of fused-ring (bicyclic) bond motifs is 1. The monoisotopic (exact) mass is 257 g/mol. The van der Waals surface area contributed by atoms with E-state index >= 15 is 0 Å². The molecule has 2 aromatic rings. The second-order valence-corrected chi connectivity index (χ2v) is 5.07. The second kappa shape index (κ2) is 4.53. The highest BCUT2D eigenvalue weighted by Crippen LogP contribution is 2.24. The van der Waals surface area contributed by atoms with Crippen LogP contribution in [0.2, 0.25) is 0 Å². The zero-order valence-corrected chi connectivity index (χ0v) is 10.9. The van der Waals surface area contributed by atoms with Crippen molar-refractivity contribution in [2.75, 3.05) is 18.0 Å². The molecule has 1 aromatic heterocycles. The SMILES string of the molecule is NC(=S)c1ccc2cc(N3CCCC3)ccc2n1. The summed E-state index contributed by atoms with van der Waals surface area (Å²) in [7, 11) is 0. The smallest absolute Gasteiger partial charge is 0.122 e. The summed E-state index contributed by atoms with van der Waals surface area (Å²) in [5, 5.41) is 1.14. The molecule has 0 aliphatic carbocycles. The summed E-state index contributed by atoms with van der Waals surface area (Å²) in [5.74, 6) is 0. The third-order valence-electron chi connectivity index (χ3n) is 3.40. The third kappa shape index (κ3) is 2.04. The van der Waals surface area contributed by atoms with Crippen molar-refractivity contribution >= 4 is 33.8 Å². The molecule has 4 heteroatoms. The van der Waals surface area contributed by atoms with Crippen LogP contribution >= 0.6 is 12.2 Å². The molecule has 0 bridgehead atoms. The van der Waals surface area contributed by atoms with E-state index in [-0.39, 0.29) is 0 Å². The van der Waals surface area contributed by atoms with E-state index in [1.165, 1.54) is 18.5 Å². The van der Waals surface area contributed by atoms with Gasteiger partial charge in [0.1, 0.15) is 4.99 Å². The van der Waals surface area contributed by atoms with E-state index in [0.29, 0.717) is 10.7 Å². The van der Waals surface area contributed by atoms with E-state index in [2.05, 4.69) is 22.0 Å². The van der Waals surface area contributed by atoms with Crippen molar-refractivity contribution in [1.82, 2.24) is 4.98 Å². The molecular formula is C14H15N3S. The van der Waals surface area contributed by atoms with Crippen LogP contribution in [0.1, 0.15) is 18.5 Å². The Morgan fingerprint density at radius 1 is 1.17 bits per heavy atom. The van der Waals surface area contributed by atoms with Gasteiger partial charge in [-0.15, -0.1) is 0 Å². The first-order valence-corrected chi connectivity index (χ1v) is 6.60. The Kier molecular flexibility index (Phi) is 2.88. The molecular weight excluding hydrogens is 242 g/mol. The topological polar surface area (TPSA) is 42.1 Å². The number of benzene rings is 1. The third-order valence-corrected chi connectivity index (χ3v) is 3.61. The maximum atomic E-state index is 5.59. The molecule has 2 heterocycles. The highest BCUT2D eigenvalue weighted by atomic mass is 32.1. The van der Waals surface area contributed by atoms with Gasteiger partial charge in [0.2, 0.25) is 0 Å². The van der Waals surface area contributed by atoms with E-state index in [1.807, 2.05) is 18.2 Å². The van der Waals surface area contributed by atoms with Gasteiger partial charge in [0, 0.05) is 24.2 Å². The lowest BCUT2D eigenvalue weighted by atomic mass is 10.1. The molecule has 1 aliphatic rings. The van der Waals surface area contributed by atoms with Crippen molar-refractivity contribution in [2.24, 2.45) is 5.73 Å². The lowest BCUT2D eigenvalue weighted by Crippen LogP contribution is -2.17. The van der Waals surface area contributed by atoms with Gasteiger partial charge in [0.15, 0.2) is 0 Å². The molecule has 0 spiro atoms. The normalized spacial score (nSPS) is 15.2. The number of nitrogens with two attached hydrogens (primary N) is 1. The molecule has 0 unspecified atom stereocenters. The number of hydrogen-bond acceptors (Lipinski definition) is 3. The number of anilines is 1. The van der Waals surface area contributed by atoms with Crippen molar-refractivity contribution in [3.8, 4) is 0 Å². The average Bonchev–Trinajstić information content (AvgIpc) is 2.91. The van der Waals surface area contributed by atoms with E-state index in [4.69, 9.17) is 18.0 Å². The average molecular weight is 257 g/mol. The van der Waals surface area contributed by atoms with Gasteiger partial charge in [-0.1, -0.05) is 18.3 Å². The van der Waals surface area contributed by atoms with Crippen LogP contribution in [0.3, 0.4) is 0 Å². The molecule has 0 radical (unpaired) electrons. The highest BCUT2D eigenvalue weighted by Gasteiger charge is 2.12. The summed E-state index contributed by atoms with van der Waals surface area (Å²) in [4.78, 5) is 7.22. The predicted molar refractivity (Wildman–Crippen MR) is 79.1 cm³/mol. The van der Waals surface area contributed by atoms with Crippen molar-refractivity contribution in [3.05, 3.63) is 36.0 Å². The minimum absolute atomic E-state index is 0.348. The van der Waals surface area contributed by atoms with Gasteiger partial charge in [-0.2, -0.15) is 0 Å². The zero-order valence-electron chi connectivity index (χ0n) is 10.1. The molecule has 0 atom stereocenters. The molecule has 1 aliphatic heterocycles. The molecule has 18 heavy (non-hydrogen) atoms. The standard InChI is InChI=1S/C14H15N3S/c15-14(18)13-5-3-10-9-11(4-6-12(10)16-13)17-7-1-2-8-17/h3-6,9H,1-2,7-8H2,(H2,15,18). The highest BCUT2D eigenvalue weighted by molar-refractivity contribution is 7.80. The minimum Gasteiger partial charge on any atom is -0.388 e. The first-order chi connectivity index (χ1) is 8.74. The number of aromatic nitrogens is 1. The number of thiocarbonyl (C=S) groups is 1. The van der Waals surface area contributed by atoms with Gasteiger partial charge in [-0.05, 0) is 37.1 Å². The van der Waals surface area contributed by atoms with Crippen molar-refractivity contribution in [1.29, 1.82) is 0 Å². The van der Waals surface area contributed by atoms with Gasteiger partial charge in [-0.3, -0.25) is 0 Å². The molecule has 92 valence electrons. The van der Waals surface area contributed by atoms with Crippen LogP contribution < -0.4 is 10.6 Å². The largest absolute Gasteiger partial charge is 0.388 e. The number of pyridine rings is 1. The first kappa shape index (κ1) is 11.4. The van der Waals surface area contributed by atoms with Crippen molar-refractivity contribution in [2.45, 2.75) is 12.8 Å². The maximum absolute atomic E-state index is 5.59. The quantitative estimate of drug-likeness (QED) is 0.839. The van der Waals surface area contributed by atoms with Crippen LogP contribution in [-0.4, -0.2) is 23.1 Å². The number of rotatable bonds is 2. The minimum atomic E-state index is 0.348.